The highest BCUT2D eigenvalue weighted by atomic mass is 32.2. The largest absolute Gasteiger partial charge is 0.463 e. The van der Waals surface area contributed by atoms with E-state index < -0.39 is 27.8 Å². The smallest absolute Gasteiger partial charge is 0.275 e. The van der Waals surface area contributed by atoms with E-state index in [4.69, 9.17) is 21.6 Å². The number of rotatable bonds is 7. The van der Waals surface area contributed by atoms with Crippen LogP contribution in [0, 0.1) is 29.9 Å². The Labute approximate surface area is 200 Å². The third kappa shape index (κ3) is 4.98. The Morgan fingerprint density at radius 1 is 1.32 bits per heavy atom. The number of aliphatic imine (C=N–C) groups is 1. The zero-order valence-corrected chi connectivity index (χ0v) is 20.0. The van der Waals surface area contributed by atoms with E-state index in [0.29, 0.717) is 6.61 Å². The number of amidine groups is 1. The van der Waals surface area contributed by atoms with Gasteiger partial charge in [-0.3, -0.25) is 9.79 Å². The van der Waals surface area contributed by atoms with Gasteiger partial charge in [-0.1, -0.05) is 24.6 Å². The van der Waals surface area contributed by atoms with Crippen LogP contribution in [0.1, 0.15) is 36.8 Å². The Hall–Kier alpha value is -3.23. The number of ether oxygens (including phenoxy) is 2. The van der Waals surface area contributed by atoms with E-state index >= 15 is 4.39 Å². The number of aromatic nitrogens is 2. The molecule has 1 aliphatic heterocycles. The summed E-state index contributed by atoms with van der Waals surface area (Å²) in [6, 6.07) is 2.24. The summed E-state index contributed by atoms with van der Waals surface area (Å²) in [5, 5.41) is 2.76. The van der Waals surface area contributed by atoms with E-state index in [1.54, 1.807) is 14.0 Å². The summed E-state index contributed by atoms with van der Waals surface area (Å²) in [6.45, 7) is 5.82. The number of hydrogen-bond acceptors (Lipinski definition) is 8. The van der Waals surface area contributed by atoms with Crippen LogP contribution in [0.4, 0.5) is 14.5 Å². The van der Waals surface area contributed by atoms with Gasteiger partial charge in [0, 0.05) is 35.1 Å². The standard InChI is InChI=1S/C23H25F2N5O3S/c1-6-7-33-18-11-27-17(10-28-18)20(31)29-14-8-15(19(25)16(24)9-14)23(4)13(2)22(3,12-32-5)34-21(26)30-23/h1,8-11,13H,7,12H2,2-5H3,(H2,26,30)(H,29,31)/t13?,22-,23+/m1/s1. The zero-order valence-electron chi connectivity index (χ0n) is 19.2. The van der Waals surface area contributed by atoms with Crippen molar-refractivity contribution in [3.8, 4) is 18.2 Å². The molecule has 1 aliphatic rings. The summed E-state index contributed by atoms with van der Waals surface area (Å²) in [5.74, 6) is -0.736. The molecule has 2 heterocycles. The molecule has 0 fully saturated rings. The molecule has 3 atom stereocenters. The fourth-order valence-corrected chi connectivity index (χ4v) is 5.15. The molecule has 0 saturated carbocycles. The SMILES string of the molecule is C#CCOc1cnc(C(=O)Nc2cc(F)c(F)c([C@@]3(C)N=C(N)S[C@](C)(COC)C3C)c2)cn1. The van der Waals surface area contributed by atoms with Crippen LogP contribution in [0.3, 0.4) is 0 Å². The molecule has 3 N–H and O–H groups in total. The maximum Gasteiger partial charge on any atom is 0.275 e. The van der Waals surface area contributed by atoms with Crippen LogP contribution in [-0.2, 0) is 10.3 Å². The fourth-order valence-electron chi connectivity index (χ4n) is 3.85. The highest BCUT2D eigenvalue weighted by Crippen LogP contribution is 2.50. The quantitative estimate of drug-likeness (QED) is 0.574. The maximum atomic E-state index is 15.1. The lowest BCUT2D eigenvalue weighted by atomic mass is 9.74. The number of methoxy groups -OCH3 is 1. The molecule has 0 aliphatic carbocycles. The molecule has 2 aromatic rings. The van der Waals surface area contributed by atoms with Crippen LogP contribution in [-0.4, -0.2) is 46.1 Å². The molecule has 1 aromatic heterocycles. The Bertz CT molecular complexity index is 1150. The summed E-state index contributed by atoms with van der Waals surface area (Å²) in [5.41, 5.74) is 4.80. The molecular weight excluding hydrogens is 464 g/mol. The molecule has 8 nitrogen and oxygen atoms in total. The van der Waals surface area contributed by atoms with Gasteiger partial charge in [0.25, 0.3) is 5.91 Å². The van der Waals surface area contributed by atoms with Gasteiger partial charge < -0.3 is 20.5 Å². The number of halogens is 2. The molecule has 3 rings (SSSR count). The molecule has 1 amide bonds. The van der Waals surface area contributed by atoms with E-state index in [0.717, 1.165) is 6.07 Å². The molecule has 1 unspecified atom stereocenters. The Morgan fingerprint density at radius 2 is 2.06 bits per heavy atom. The van der Waals surface area contributed by atoms with Crippen LogP contribution < -0.4 is 15.8 Å². The number of nitrogens with two attached hydrogens (primary N) is 1. The maximum absolute atomic E-state index is 15.1. The van der Waals surface area contributed by atoms with Crippen molar-refractivity contribution in [2.24, 2.45) is 16.6 Å². The normalized spacial score (nSPS) is 24.1. The van der Waals surface area contributed by atoms with Crippen molar-refractivity contribution in [1.29, 1.82) is 0 Å². The van der Waals surface area contributed by atoms with Gasteiger partial charge in [0.05, 0.1) is 24.5 Å². The Kier molecular flexibility index (Phi) is 7.43. The molecule has 11 heteroatoms. The van der Waals surface area contributed by atoms with Gasteiger partial charge in [-0.05, 0) is 19.9 Å². The number of terminal acetylenes is 1. The molecular formula is C23H25F2N5O3S. The van der Waals surface area contributed by atoms with E-state index in [9.17, 15) is 9.18 Å². The predicted molar refractivity (Wildman–Crippen MR) is 127 cm³/mol. The second-order valence-electron chi connectivity index (χ2n) is 8.17. The second kappa shape index (κ2) is 9.95. The number of thioether (sulfide) groups is 1. The van der Waals surface area contributed by atoms with Gasteiger partial charge >= 0.3 is 0 Å². The first kappa shape index (κ1) is 25.4. The minimum Gasteiger partial charge on any atom is -0.463 e. The number of anilines is 1. The first-order chi connectivity index (χ1) is 16.0. The molecule has 34 heavy (non-hydrogen) atoms. The minimum absolute atomic E-state index is 0.00394. The lowest BCUT2D eigenvalue weighted by Crippen LogP contribution is -2.50. The lowest BCUT2D eigenvalue weighted by Gasteiger charge is -2.47. The molecule has 180 valence electrons. The molecule has 0 bridgehead atoms. The topological polar surface area (TPSA) is 112 Å². The summed E-state index contributed by atoms with van der Waals surface area (Å²) in [6.07, 6.45) is 7.54. The van der Waals surface area contributed by atoms with Crippen molar-refractivity contribution in [3.63, 3.8) is 0 Å². The van der Waals surface area contributed by atoms with E-state index in [1.807, 2.05) is 13.8 Å². The van der Waals surface area contributed by atoms with Crippen molar-refractivity contribution in [1.82, 2.24) is 9.97 Å². The summed E-state index contributed by atoms with van der Waals surface area (Å²) < 4.78 is 39.7. The average molecular weight is 490 g/mol. The van der Waals surface area contributed by atoms with Crippen molar-refractivity contribution in [2.75, 3.05) is 25.6 Å². The first-order valence-corrected chi connectivity index (χ1v) is 11.1. The summed E-state index contributed by atoms with van der Waals surface area (Å²) in [4.78, 5) is 25.0. The van der Waals surface area contributed by atoms with Crippen LogP contribution in [0.5, 0.6) is 5.88 Å². The number of carbonyl (C=O) groups is 1. The van der Waals surface area contributed by atoms with Gasteiger partial charge in [0.15, 0.2) is 23.4 Å². The van der Waals surface area contributed by atoms with Gasteiger partial charge in [0.1, 0.15) is 5.69 Å². The lowest BCUT2D eigenvalue weighted by molar-refractivity contribution is 0.102. The molecule has 0 saturated heterocycles. The van der Waals surface area contributed by atoms with E-state index in [1.165, 1.54) is 30.2 Å². The average Bonchev–Trinajstić information content (AvgIpc) is 2.78. The number of benzene rings is 1. The second-order valence-corrected chi connectivity index (χ2v) is 9.73. The van der Waals surface area contributed by atoms with Crippen LogP contribution in [0.15, 0.2) is 29.5 Å². The number of hydrogen-bond donors (Lipinski definition) is 2. The third-order valence-electron chi connectivity index (χ3n) is 5.87. The van der Waals surface area contributed by atoms with Gasteiger partial charge in [0.2, 0.25) is 5.88 Å². The molecule has 0 radical (unpaired) electrons. The third-order valence-corrected chi connectivity index (χ3v) is 7.10. The van der Waals surface area contributed by atoms with Crippen molar-refractivity contribution in [3.05, 3.63) is 47.4 Å². The van der Waals surface area contributed by atoms with Crippen molar-refractivity contribution < 1.29 is 23.0 Å². The molecule has 0 spiro atoms. The number of nitrogens with one attached hydrogen (secondary N) is 1. The summed E-state index contributed by atoms with van der Waals surface area (Å²) >= 11 is 1.33. The minimum atomic E-state index is -1.22. The Morgan fingerprint density at radius 3 is 2.68 bits per heavy atom. The highest BCUT2D eigenvalue weighted by Gasteiger charge is 2.50. The monoisotopic (exact) mass is 489 g/mol. The fraction of sp³-hybridized carbons (Fsp3) is 0.391. The highest BCUT2D eigenvalue weighted by molar-refractivity contribution is 8.15. The first-order valence-electron chi connectivity index (χ1n) is 10.3. The van der Waals surface area contributed by atoms with Crippen LogP contribution in [0.25, 0.3) is 0 Å². The predicted octanol–water partition coefficient (Wildman–Crippen LogP) is 3.34. The van der Waals surface area contributed by atoms with Crippen LogP contribution in [0.2, 0.25) is 0 Å². The molecule has 1 aromatic carbocycles. The van der Waals surface area contributed by atoms with Crippen molar-refractivity contribution >= 4 is 28.5 Å². The van der Waals surface area contributed by atoms with Gasteiger partial charge in [-0.15, -0.1) is 6.42 Å². The van der Waals surface area contributed by atoms with Gasteiger partial charge in [-0.2, -0.15) is 0 Å². The van der Waals surface area contributed by atoms with E-state index in [-0.39, 0.29) is 40.5 Å². The van der Waals surface area contributed by atoms with Crippen molar-refractivity contribution in [2.45, 2.75) is 31.1 Å². The Balaban J connectivity index is 1.94. The van der Waals surface area contributed by atoms with Crippen LogP contribution >= 0.6 is 11.8 Å². The zero-order chi connectivity index (χ0) is 25.1. The number of amides is 1. The van der Waals surface area contributed by atoms with Gasteiger partial charge in [-0.25, -0.2) is 18.7 Å². The summed E-state index contributed by atoms with van der Waals surface area (Å²) in [7, 11) is 1.56. The van der Waals surface area contributed by atoms with E-state index in [2.05, 4.69) is 26.2 Å². The number of nitrogens with zero attached hydrogens (tertiary/aromatic N) is 3. The number of carbonyl (C=O) groups excluding carboxylic acids is 1.